The Hall–Kier alpha value is -3.15. The van der Waals surface area contributed by atoms with Crippen molar-refractivity contribution in [2.45, 2.75) is 13.0 Å². The predicted molar refractivity (Wildman–Crippen MR) is 93.7 cm³/mol. The monoisotopic (exact) mass is 359 g/mol. The first kappa shape index (κ1) is 17.7. The summed E-state index contributed by atoms with van der Waals surface area (Å²) in [5.41, 5.74) is 8.89. The third-order valence-electron chi connectivity index (χ3n) is 3.60. The Morgan fingerprint density at radius 1 is 0.769 bits per heavy atom. The maximum Gasteiger partial charge on any atom is 0.573 e. The topological polar surface area (TPSA) is 44.5 Å². The van der Waals surface area contributed by atoms with Crippen LogP contribution in [-0.4, -0.2) is 6.36 Å². The van der Waals surface area contributed by atoms with E-state index in [0.29, 0.717) is 23.6 Å². The first-order valence-electron chi connectivity index (χ1n) is 7.82. The van der Waals surface area contributed by atoms with E-state index in [4.69, 9.17) is 10.5 Å². The normalized spacial score (nSPS) is 11.2. The molecule has 3 rings (SSSR count). The lowest BCUT2D eigenvalue weighted by molar-refractivity contribution is -0.274. The van der Waals surface area contributed by atoms with Crippen LogP contribution in [0.4, 0.5) is 18.9 Å². The van der Waals surface area contributed by atoms with Crippen molar-refractivity contribution in [3.63, 3.8) is 0 Å². The van der Waals surface area contributed by atoms with Crippen LogP contribution >= 0.6 is 0 Å². The fraction of sp³-hybridized carbons (Fsp3) is 0.100. The van der Waals surface area contributed by atoms with Crippen LogP contribution in [0.3, 0.4) is 0 Å². The maximum absolute atomic E-state index is 12.2. The van der Waals surface area contributed by atoms with E-state index in [-0.39, 0.29) is 5.75 Å². The van der Waals surface area contributed by atoms with Gasteiger partial charge in [-0.05, 0) is 41.0 Å². The molecule has 134 valence electrons. The van der Waals surface area contributed by atoms with Crippen LogP contribution in [0.5, 0.6) is 11.5 Å². The van der Waals surface area contributed by atoms with Gasteiger partial charge >= 0.3 is 6.36 Å². The maximum atomic E-state index is 12.2. The Labute approximate surface area is 148 Å². The molecule has 0 aliphatic heterocycles. The lowest BCUT2D eigenvalue weighted by atomic mass is 10.0. The molecule has 0 atom stereocenters. The number of hydrogen-bond acceptors (Lipinski definition) is 3. The molecule has 3 aromatic carbocycles. The van der Waals surface area contributed by atoms with Gasteiger partial charge in [0.2, 0.25) is 0 Å². The molecule has 0 heterocycles. The zero-order valence-electron chi connectivity index (χ0n) is 13.7. The highest BCUT2D eigenvalue weighted by Crippen LogP contribution is 2.30. The standard InChI is InChI=1S/C20H16F3NO2/c21-20(22,23)26-18-8-6-15(7-9-18)16-10-17(24)12-19(11-16)25-13-14-4-2-1-3-5-14/h1-12H,13,24H2. The van der Waals surface area contributed by atoms with Gasteiger partial charge in [-0.15, -0.1) is 13.2 Å². The van der Waals surface area contributed by atoms with Crippen LogP contribution in [0.2, 0.25) is 0 Å². The number of anilines is 1. The van der Waals surface area contributed by atoms with Gasteiger partial charge in [-0.3, -0.25) is 0 Å². The second-order valence-corrected chi connectivity index (χ2v) is 5.64. The molecule has 26 heavy (non-hydrogen) atoms. The molecule has 0 radical (unpaired) electrons. The van der Waals surface area contributed by atoms with E-state index >= 15 is 0 Å². The number of benzene rings is 3. The molecule has 0 aliphatic carbocycles. The zero-order valence-corrected chi connectivity index (χ0v) is 13.7. The second kappa shape index (κ2) is 7.39. The quantitative estimate of drug-likeness (QED) is 0.619. The van der Waals surface area contributed by atoms with Gasteiger partial charge in [0.25, 0.3) is 0 Å². The van der Waals surface area contributed by atoms with E-state index in [1.807, 2.05) is 30.3 Å². The number of hydrogen-bond donors (Lipinski definition) is 1. The number of nitrogen functional groups attached to an aromatic ring is 1. The van der Waals surface area contributed by atoms with Crippen LogP contribution in [0, 0.1) is 0 Å². The van der Waals surface area contributed by atoms with Crippen molar-refractivity contribution in [2.24, 2.45) is 0 Å². The van der Waals surface area contributed by atoms with E-state index in [9.17, 15) is 13.2 Å². The lowest BCUT2D eigenvalue weighted by Gasteiger charge is -2.11. The number of nitrogens with two attached hydrogens (primary N) is 1. The molecule has 0 bridgehead atoms. The van der Waals surface area contributed by atoms with Crippen molar-refractivity contribution >= 4 is 5.69 Å². The highest BCUT2D eigenvalue weighted by Gasteiger charge is 2.30. The van der Waals surface area contributed by atoms with Gasteiger partial charge in [0.05, 0.1) is 0 Å². The minimum absolute atomic E-state index is 0.272. The zero-order chi connectivity index (χ0) is 18.6. The Morgan fingerprint density at radius 3 is 2.12 bits per heavy atom. The van der Waals surface area contributed by atoms with E-state index in [2.05, 4.69) is 4.74 Å². The molecular formula is C20H16F3NO2. The first-order valence-corrected chi connectivity index (χ1v) is 7.82. The summed E-state index contributed by atoms with van der Waals surface area (Å²) in [6.07, 6.45) is -4.71. The van der Waals surface area contributed by atoms with Gasteiger partial charge in [-0.2, -0.15) is 0 Å². The number of halogens is 3. The summed E-state index contributed by atoms with van der Waals surface area (Å²) >= 11 is 0. The van der Waals surface area contributed by atoms with Gasteiger partial charge in [-0.1, -0.05) is 42.5 Å². The van der Waals surface area contributed by atoms with Crippen LogP contribution in [0.1, 0.15) is 5.56 Å². The number of rotatable bonds is 5. The first-order chi connectivity index (χ1) is 12.4. The van der Waals surface area contributed by atoms with Crippen molar-refractivity contribution in [2.75, 3.05) is 5.73 Å². The smallest absolute Gasteiger partial charge is 0.489 e. The summed E-state index contributed by atoms with van der Waals surface area (Å²) in [5.74, 6) is 0.310. The lowest BCUT2D eigenvalue weighted by Crippen LogP contribution is -2.16. The fourth-order valence-electron chi connectivity index (χ4n) is 2.46. The summed E-state index contributed by atoms with van der Waals surface area (Å²) in [5, 5.41) is 0. The van der Waals surface area contributed by atoms with Crippen molar-refractivity contribution in [1.82, 2.24) is 0 Å². The average Bonchev–Trinajstić information content (AvgIpc) is 2.60. The van der Waals surface area contributed by atoms with E-state index in [1.165, 1.54) is 24.3 Å². The molecule has 0 unspecified atom stereocenters. The summed E-state index contributed by atoms with van der Waals surface area (Å²) in [4.78, 5) is 0. The van der Waals surface area contributed by atoms with Crippen LogP contribution < -0.4 is 15.2 Å². The van der Waals surface area contributed by atoms with Gasteiger partial charge in [-0.25, -0.2) is 0 Å². The Kier molecular flexibility index (Phi) is 5.02. The Balaban J connectivity index is 1.76. The molecule has 0 saturated heterocycles. The summed E-state index contributed by atoms with van der Waals surface area (Å²) in [6, 6.07) is 20.5. The third kappa shape index (κ3) is 4.92. The molecule has 0 spiro atoms. The van der Waals surface area contributed by atoms with E-state index < -0.39 is 6.36 Å². The summed E-state index contributed by atoms with van der Waals surface area (Å²) < 4.78 is 46.4. The minimum Gasteiger partial charge on any atom is -0.489 e. The predicted octanol–water partition coefficient (Wildman–Crippen LogP) is 5.41. The van der Waals surface area contributed by atoms with Crippen molar-refractivity contribution < 1.29 is 22.6 Å². The van der Waals surface area contributed by atoms with E-state index in [0.717, 1.165) is 11.1 Å². The molecule has 2 N–H and O–H groups in total. The molecule has 6 heteroatoms. The van der Waals surface area contributed by atoms with Crippen molar-refractivity contribution in [1.29, 1.82) is 0 Å². The second-order valence-electron chi connectivity index (χ2n) is 5.64. The highest BCUT2D eigenvalue weighted by molar-refractivity contribution is 5.70. The van der Waals surface area contributed by atoms with Gasteiger partial charge in [0.1, 0.15) is 18.1 Å². The fourth-order valence-corrected chi connectivity index (χ4v) is 2.46. The molecule has 0 aromatic heterocycles. The molecule has 0 fully saturated rings. The third-order valence-corrected chi connectivity index (χ3v) is 3.60. The Morgan fingerprint density at radius 2 is 1.46 bits per heavy atom. The van der Waals surface area contributed by atoms with Crippen LogP contribution in [0.25, 0.3) is 11.1 Å². The minimum atomic E-state index is -4.71. The molecular weight excluding hydrogens is 343 g/mol. The van der Waals surface area contributed by atoms with Gasteiger partial charge in [0.15, 0.2) is 0 Å². The SMILES string of the molecule is Nc1cc(OCc2ccccc2)cc(-c2ccc(OC(F)(F)F)cc2)c1. The number of alkyl halides is 3. The van der Waals surface area contributed by atoms with Gasteiger partial charge in [0, 0.05) is 11.8 Å². The molecule has 3 aromatic rings. The molecule has 0 amide bonds. The van der Waals surface area contributed by atoms with Gasteiger partial charge < -0.3 is 15.2 Å². The largest absolute Gasteiger partial charge is 0.573 e. The Bertz CT molecular complexity index is 862. The summed E-state index contributed by atoms with van der Waals surface area (Å²) in [6.45, 7) is 0.391. The molecule has 3 nitrogen and oxygen atoms in total. The summed E-state index contributed by atoms with van der Waals surface area (Å²) in [7, 11) is 0. The van der Waals surface area contributed by atoms with Crippen LogP contribution in [-0.2, 0) is 6.61 Å². The number of ether oxygens (including phenoxy) is 2. The van der Waals surface area contributed by atoms with Crippen molar-refractivity contribution in [3.8, 4) is 22.6 Å². The van der Waals surface area contributed by atoms with Crippen LogP contribution in [0.15, 0.2) is 72.8 Å². The van der Waals surface area contributed by atoms with E-state index in [1.54, 1.807) is 18.2 Å². The average molecular weight is 359 g/mol. The highest BCUT2D eigenvalue weighted by atomic mass is 19.4. The molecule has 0 saturated carbocycles. The van der Waals surface area contributed by atoms with Crippen molar-refractivity contribution in [3.05, 3.63) is 78.4 Å². The molecule has 0 aliphatic rings.